The molecule has 27 heavy (non-hydrogen) atoms. The van der Waals surface area contributed by atoms with E-state index >= 15 is 0 Å². The molecule has 2 rings (SSSR count). The highest BCUT2D eigenvalue weighted by atomic mass is 16.5. The second kappa shape index (κ2) is 11.2. The third-order valence-corrected chi connectivity index (χ3v) is 4.67. The zero-order valence-corrected chi connectivity index (χ0v) is 17.0. The van der Waals surface area contributed by atoms with Gasteiger partial charge in [0, 0.05) is 26.7 Å². The van der Waals surface area contributed by atoms with Crippen molar-refractivity contribution in [3.63, 3.8) is 0 Å². The summed E-state index contributed by atoms with van der Waals surface area (Å²) < 4.78 is 5.28. The third kappa shape index (κ3) is 6.61. The molecule has 0 aliphatic rings. The first-order valence-corrected chi connectivity index (χ1v) is 9.56. The lowest BCUT2D eigenvalue weighted by Gasteiger charge is -2.20. The van der Waals surface area contributed by atoms with Gasteiger partial charge in [0.2, 0.25) is 0 Å². The minimum Gasteiger partial charge on any atom is -0.497 e. The molecule has 0 amide bonds. The molecule has 0 saturated heterocycles. The number of nitrogens with zero attached hydrogens (tertiary/aromatic N) is 2. The summed E-state index contributed by atoms with van der Waals surface area (Å²) in [7, 11) is 3.48. The van der Waals surface area contributed by atoms with E-state index < -0.39 is 0 Å². The van der Waals surface area contributed by atoms with Crippen LogP contribution < -0.4 is 15.4 Å². The van der Waals surface area contributed by atoms with Gasteiger partial charge in [0.25, 0.3) is 0 Å². The van der Waals surface area contributed by atoms with Crippen molar-refractivity contribution in [2.24, 2.45) is 4.99 Å². The Hall–Kier alpha value is -2.53. The van der Waals surface area contributed by atoms with Crippen LogP contribution in [0.3, 0.4) is 0 Å². The van der Waals surface area contributed by atoms with E-state index in [9.17, 15) is 0 Å². The molecule has 2 N–H and O–H groups in total. The van der Waals surface area contributed by atoms with Gasteiger partial charge in [-0.2, -0.15) is 0 Å². The maximum atomic E-state index is 5.28. The summed E-state index contributed by atoms with van der Waals surface area (Å²) in [4.78, 5) is 6.76. The smallest absolute Gasteiger partial charge is 0.191 e. The van der Waals surface area contributed by atoms with E-state index in [0.717, 1.165) is 43.5 Å². The summed E-state index contributed by atoms with van der Waals surface area (Å²) >= 11 is 0. The van der Waals surface area contributed by atoms with Gasteiger partial charge in [-0.1, -0.05) is 50.2 Å². The summed E-state index contributed by atoms with van der Waals surface area (Å²) in [6.45, 7) is 8.93. The highest BCUT2D eigenvalue weighted by molar-refractivity contribution is 5.79. The Morgan fingerprint density at radius 2 is 1.67 bits per heavy atom. The fourth-order valence-corrected chi connectivity index (χ4v) is 2.94. The molecule has 0 spiro atoms. The molecular formula is C22H32N4O. The maximum absolute atomic E-state index is 5.28. The van der Waals surface area contributed by atoms with Gasteiger partial charge >= 0.3 is 0 Å². The molecule has 2 aromatic rings. The van der Waals surface area contributed by atoms with Gasteiger partial charge in [-0.15, -0.1) is 0 Å². The quantitative estimate of drug-likeness (QED) is 0.526. The molecule has 0 radical (unpaired) electrons. The molecule has 0 unspecified atom stereocenters. The van der Waals surface area contributed by atoms with Crippen LogP contribution in [0.25, 0.3) is 0 Å². The Bertz CT molecular complexity index is 726. The molecule has 5 nitrogen and oxygen atoms in total. The number of methoxy groups -OCH3 is 1. The van der Waals surface area contributed by atoms with Gasteiger partial charge in [-0.05, 0) is 41.9 Å². The van der Waals surface area contributed by atoms with Crippen LogP contribution in [0.2, 0.25) is 0 Å². The van der Waals surface area contributed by atoms with Crippen LogP contribution in [-0.2, 0) is 19.6 Å². The summed E-state index contributed by atoms with van der Waals surface area (Å²) in [5.74, 6) is 1.65. The fourth-order valence-electron chi connectivity index (χ4n) is 2.94. The van der Waals surface area contributed by atoms with Gasteiger partial charge in [-0.25, -0.2) is 0 Å². The number of ether oxygens (including phenoxy) is 1. The Morgan fingerprint density at radius 1 is 0.963 bits per heavy atom. The minimum atomic E-state index is 0.692. The molecule has 5 heteroatoms. The first-order chi connectivity index (χ1) is 13.2. The van der Waals surface area contributed by atoms with Crippen molar-refractivity contribution >= 4 is 5.96 Å². The molecule has 0 saturated carbocycles. The van der Waals surface area contributed by atoms with Crippen molar-refractivity contribution in [3.05, 3.63) is 65.2 Å². The normalized spacial score (nSPS) is 11.5. The monoisotopic (exact) mass is 368 g/mol. The van der Waals surface area contributed by atoms with E-state index in [4.69, 9.17) is 4.74 Å². The van der Waals surface area contributed by atoms with Gasteiger partial charge < -0.3 is 15.4 Å². The predicted octanol–water partition coefficient (Wildman–Crippen LogP) is 3.40. The molecular weight excluding hydrogens is 336 g/mol. The Balaban J connectivity index is 1.94. The molecule has 0 fully saturated rings. The lowest BCUT2D eigenvalue weighted by molar-refractivity contribution is 0.295. The van der Waals surface area contributed by atoms with Crippen molar-refractivity contribution < 1.29 is 4.74 Å². The molecule has 0 aliphatic carbocycles. The Morgan fingerprint density at radius 3 is 2.33 bits per heavy atom. The van der Waals surface area contributed by atoms with E-state index in [0.29, 0.717) is 6.54 Å². The second-order valence-corrected chi connectivity index (χ2v) is 6.36. The topological polar surface area (TPSA) is 48.9 Å². The number of hydrogen-bond acceptors (Lipinski definition) is 3. The van der Waals surface area contributed by atoms with E-state index in [1.807, 2.05) is 18.2 Å². The van der Waals surface area contributed by atoms with E-state index in [1.165, 1.54) is 11.1 Å². The molecule has 0 bridgehead atoms. The van der Waals surface area contributed by atoms with Crippen LogP contribution in [0.5, 0.6) is 5.75 Å². The molecule has 0 heterocycles. The molecule has 2 aromatic carbocycles. The average Bonchev–Trinajstić information content (AvgIpc) is 2.73. The van der Waals surface area contributed by atoms with E-state index in [1.54, 1.807) is 14.2 Å². The van der Waals surface area contributed by atoms with Crippen LogP contribution in [0.1, 0.15) is 30.5 Å². The van der Waals surface area contributed by atoms with Crippen LogP contribution in [-0.4, -0.2) is 38.1 Å². The van der Waals surface area contributed by atoms with E-state index in [2.05, 4.69) is 64.7 Å². The highest BCUT2D eigenvalue weighted by Gasteiger charge is 2.07. The lowest BCUT2D eigenvalue weighted by atomic mass is 10.1. The number of hydrogen-bond donors (Lipinski definition) is 2. The fraction of sp³-hybridized carbons (Fsp3) is 0.409. The first kappa shape index (κ1) is 20.8. The minimum absolute atomic E-state index is 0.692. The van der Waals surface area contributed by atoms with Gasteiger partial charge in [-0.3, -0.25) is 9.89 Å². The standard InChI is InChI=1S/C22H32N4O/c1-5-26(6-2)17-20-12-8-7-11-19(20)16-25-22(23-3)24-15-18-10-9-13-21(14-18)27-4/h7-14H,5-6,15-17H2,1-4H3,(H2,23,24,25). The third-order valence-electron chi connectivity index (χ3n) is 4.67. The predicted molar refractivity (Wildman–Crippen MR) is 113 cm³/mol. The first-order valence-electron chi connectivity index (χ1n) is 9.56. The summed E-state index contributed by atoms with van der Waals surface area (Å²) in [5, 5.41) is 6.79. The largest absolute Gasteiger partial charge is 0.497 e. The maximum Gasteiger partial charge on any atom is 0.191 e. The second-order valence-electron chi connectivity index (χ2n) is 6.36. The van der Waals surface area contributed by atoms with Gasteiger partial charge in [0.1, 0.15) is 5.75 Å². The highest BCUT2D eigenvalue weighted by Crippen LogP contribution is 2.13. The van der Waals surface area contributed by atoms with Crippen molar-refractivity contribution in [1.82, 2.24) is 15.5 Å². The summed E-state index contributed by atoms with van der Waals surface area (Å²) in [6.07, 6.45) is 0. The van der Waals surface area contributed by atoms with Crippen molar-refractivity contribution in [2.75, 3.05) is 27.2 Å². The average molecular weight is 369 g/mol. The number of benzene rings is 2. The summed E-state index contributed by atoms with van der Waals surface area (Å²) in [5.41, 5.74) is 3.81. The lowest BCUT2D eigenvalue weighted by Crippen LogP contribution is -2.36. The SMILES string of the molecule is CCN(CC)Cc1ccccc1CNC(=NC)NCc1cccc(OC)c1. The zero-order chi connectivity index (χ0) is 19.5. The number of nitrogens with one attached hydrogen (secondary N) is 2. The van der Waals surface area contributed by atoms with Crippen molar-refractivity contribution in [1.29, 1.82) is 0 Å². The molecule has 0 atom stereocenters. The van der Waals surface area contributed by atoms with Crippen LogP contribution in [0.15, 0.2) is 53.5 Å². The summed E-state index contributed by atoms with van der Waals surface area (Å²) in [6, 6.07) is 16.6. The van der Waals surface area contributed by atoms with Gasteiger partial charge in [0.15, 0.2) is 5.96 Å². The zero-order valence-electron chi connectivity index (χ0n) is 17.0. The van der Waals surface area contributed by atoms with Crippen LogP contribution >= 0.6 is 0 Å². The molecule has 146 valence electrons. The van der Waals surface area contributed by atoms with Crippen LogP contribution in [0.4, 0.5) is 0 Å². The van der Waals surface area contributed by atoms with E-state index in [-0.39, 0.29) is 0 Å². The van der Waals surface area contributed by atoms with Crippen molar-refractivity contribution in [3.8, 4) is 5.75 Å². The molecule has 0 aliphatic heterocycles. The van der Waals surface area contributed by atoms with Gasteiger partial charge in [0.05, 0.1) is 7.11 Å². The molecule has 0 aromatic heterocycles. The number of aliphatic imine (C=N–C) groups is 1. The van der Waals surface area contributed by atoms with Crippen LogP contribution in [0, 0.1) is 0 Å². The number of rotatable bonds is 9. The van der Waals surface area contributed by atoms with Crippen molar-refractivity contribution in [2.45, 2.75) is 33.5 Å². The Labute approximate surface area is 163 Å². The Kier molecular flexibility index (Phi) is 8.65. The number of guanidine groups is 1.